The van der Waals surface area contributed by atoms with Crippen LogP contribution in [-0.2, 0) is 6.54 Å². The van der Waals surface area contributed by atoms with Gasteiger partial charge < -0.3 is 20.5 Å². The summed E-state index contributed by atoms with van der Waals surface area (Å²) in [5, 5.41) is 16.0. The molecule has 5 nitrogen and oxygen atoms in total. The highest BCUT2D eigenvalue weighted by Crippen LogP contribution is 2.22. The molecule has 1 atom stereocenters. The number of benzene rings is 2. The van der Waals surface area contributed by atoms with E-state index < -0.39 is 11.6 Å². The Hall–Kier alpha value is -2.83. The van der Waals surface area contributed by atoms with Crippen molar-refractivity contribution in [1.29, 1.82) is 0 Å². The van der Waals surface area contributed by atoms with Gasteiger partial charge in [-0.25, -0.2) is 8.78 Å². The van der Waals surface area contributed by atoms with Crippen molar-refractivity contribution in [2.24, 2.45) is 4.99 Å². The first-order chi connectivity index (χ1) is 11.9. The topological polar surface area (TPSA) is 65.9 Å². The van der Waals surface area contributed by atoms with Crippen molar-refractivity contribution in [3.63, 3.8) is 0 Å². The molecule has 0 fully saturated rings. The molecule has 0 aliphatic rings. The monoisotopic (exact) mass is 349 g/mol. The maximum Gasteiger partial charge on any atom is 0.191 e. The van der Waals surface area contributed by atoms with Gasteiger partial charge in [0.15, 0.2) is 17.6 Å². The minimum absolute atomic E-state index is 0.136. The first-order valence-electron chi connectivity index (χ1n) is 7.72. The molecule has 25 heavy (non-hydrogen) atoms. The summed E-state index contributed by atoms with van der Waals surface area (Å²) in [5.74, 6) is -0.549. The summed E-state index contributed by atoms with van der Waals surface area (Å²) in [6, 6.07) is 8.39. The fraction of sp³-hybridized carbons (Fsp3) is 0.278. The summed E-state index contributed by atoms with van der Waals surface area (Å²) in [4.78, 5) is 4.09. The van der Waals surface area contributed by atoms with Crippen LogP contribution in [0.25, 0.3) is 0 Å². The van der Waals surface area contributed by atoms with Crippen LogP contribution in [0.1, 0.15) is 24.1 Å². The second kappa shape index (κ2) is 8.32. The first-order valence-corrected chi connectivity index (χ1v) is 7.72. The van der Waals surface area contributed by atoms with Gasteiger partial charge in [0.05, 0.1) is 13.2 Å². The lowest BCUT2D eigenvalue weighted by atomic mass is 10.1. The largest absolute Gasteiger partial charge is 0.508 e. The van der Waals surface area contributed by atoms with Crippen LogP contribution in [0.15, 0.2) is 41.4 Å². The van der Waals surface area contributed by atoms with Crippen LogP contribution < -0.4 is 15.4 Å². The molecule has 2 aromatic rings. The molecule has 0 saturated carbocycles. The molecule has 0 radical (unpaired) electrons. The van der Waals surface area contributed by atoms with E-state index in [1.807, 2.05) is 6.92 Å². The number of methoxy groups -OCH3 is 1. The van der Waals surface area contributed by atoms with Gasteiger partial charge in [-0.15, -0.1) is 0 Å². The molecule has 0 spiro atoms. The molecule has 0 aliphatic heterocycles. The fourth-order valence-electron chi connectivity index (χ4n) is 2.27. The predicted octanol–water partition coefficient (Wildman–Crippen LogP) is 3.11. The third kappa shape index (κ3) is 4.82. The highest BCUT2D eigenvalue weighted by atomic mass is 19.2. The summed E-state index contributed by atoms with van der Waals surface area (Å²) in [7, 11) is 3.15. The van der Waals surface area contributed by atoms with Crippen molar-refractivity contribution in [2.75, 3.05) is 14.2 Å². The van der Waals surface area contributed by atoms with Gasteiger partial charge in [-0.3, -0.25) is 4.99 Å². The van der Waals surface area contributed by atoms with Crippen molar-refractivity contribution in [3.8, 4) is 11.5 Å². The lowest BCUT2D eigenvalue weighted by Gasteiger charge is -2.19. The zero-order chi connectivity index (χ0) is 18.4. The van der Waals surface area contributed by atoms with Crippen molar-refractivity contribution in [1.82, 2.24) is 10.6 Å². The van der Waals surface area contributed by atoms with E-state index in [1.165, 1.54) is 6.07 Å². The second-order valence-electron chi connectivity index (χ2n) is 5.46. The zero-order valence-electron chi connectivity index (χ0n) is 14.3. The molecule has 2 aromatic carbocycles. The molecule has 0 heterocycles. The Kier molecular flexibility index (Phi) is 6.16. The number of phenolic OH excluding ortho intramolecular Hbond substituents is 1. The number of rotatable bonds is 5. The highest BCUT2D eigenvalue weighted by Gasteiger charge is 2.11. The lowest BCUT2D eigenvalue weighted by Crippen LogP contribution is -2.38. The normalized spacial score (nSPS) is 12.6. The molecule has 2 rings (SSSR count). The van der Waals surface area contributed by atoms with Crippen LogP contribution in [0.5, 0.6) is 11.5 Å². The van der Waals surface area contributed by atoms with Gasteiger partial charge in [0.2, 0.25) is 0 Å². The molecule has 0 bridgehead atoms. The Morgan fingerprint density at radius 1 is 1.20 bits per heavy atom. The molecule has 1 unspecified atom stereocenters. The van der Waals surface area contributed by atoms with Gasteiger partial charge in [-0.1, -0.05) is 6.07 Å². The molecule has 0 aromatic heterocycles. The Labute approximate surface area is 145 Å². The average Bonchev–Trinajstić information content (AvgIpc) is 2.61. The number of aromatic hydroxyl groups is 1. The molecular weight excluding hydrogens is 328 g/mol. The van der Waals surface area contributed by atoms with Crippen molar-refractivity contribution < 1.29 is 18.6 Å². The lowest BCUT2D eigenvalue weighted by molar-refractivity contribution is 0.410. The van der Waals surface area contributed by atoms with Crippen molar-refractivity contribution >= 4 is 5.96 Å². The molecule has 3 N–H and O–H groups in total. The van der Waals surface area contributed by atoms with Crippen LogP contribution in [0.2, 0.25) is 0 Å². The van der Waals surface area contributed by atoms with E-state index >= 15 is 0 Å². The van der Waals surface area contributed by atoms with Gasteiger partial charge in [0.1, 0.15) is 11.5 Å². The SMILES string of the molecule is CN=C(NCc1cc(OC)ccc1O)NC(C)c1ccc(F)c(F)c1. The van der Waals surface area contributed by atoms with Gasteiger partial charge in [-0.2, -0.15) is 0 Å². The summed E-state index contributed by atoms with van der Waals surface area (Å²) in [6.45, 7) is 2.12. The molecule has 0 aliphatic carbocycles. The Balaban J connectivity index is 2.02. The predicted molar refractivity (Wildman–Crippen MR) is 92.8 cm³/mol. The van der Waals surface area contributed by atoms with Crippen LogP contribution >= 0.6 is 0 Å². The van der Waals surface area contributed by atoms with E-state index in [9.17, 15) is 13.9 Å². The summed E-state index contributed by atoms with van der Waals surface area (Å²) >= 11 is 0. The fourth-order valence-corrected chi connectivity index (χ4v) is 2.27. The number of ether oxygens (including phenoxy) is 1. The zero-order valence-corrected chi connectivity index (χ0v) is 14.3. The first kappa shape index (κ1) is 18.5. The third-order valence-electron chi connectivity index (χ3n) is 3.75. The molecule has 134 valence electrons. The van der Waals surface area contributed by atoms with E-state index in [2.05, 4.69) is 15.6 Å². The van der Waals surface area contributed by atoms with Crippen LogP contribution in [-0.4, -0.2) is 25.2 Å². The maximum atomic E-state index is 13.4. The van der Waals surface area contributed by atoms with E-state index in [0.29, 0.717) is 29.4 Å². The second-order valence-corrected chi connectivity index (χ2v) is 5.46. The number of phenols is 1. The van der Waals surface area contributed by atoms with Crippen LogP contribution in [0.4, 0.5) is 8.78 Å². The number of hydrogen-bond donors (Lipinski definition) is 3. The van der Waals surface area contributed by atoms with Crippen molar-refractivity contribution in [3.05, 3.63) is 59.2 Å². The van der Waals surface area contributed by atoms with Crippen molar-refractivity contribution in [2.45, 2.75) is 19.5 Å². The molecule has 0 saturated heterocycles. The Morgan fingerprint density at radius 2 is 1.96 bits per heavy atom. The van der Waals surface area contributed by atoms with Gasteiger partial charge in [0, 0.05) is 19.2 Å². The van der Waals surface area contributed by atoms with E-state index in [1.54, 1.807) is 32.4 Å². The summed E-state index contributed by atoms with van der Waals surface area (Å²) in [6.07, 6.45) is 0. The Morgan fingerprint density at radius 3 is 2.60 bits per heavy atom. The van der Waals surface area contributed by atoms with E-state index in [-0.39, 0.29) is 11.8 Å². The van der Waals surface area contributed by atoms with Gasteiger partial charge in [-0.05, 0) is 42.8 Å². The summed E-state index contributed by atoms with van der Waals surface area (Å²) in [5.41, 5.74) is 1.23. The highest BCUT2D eigenvalue weighted by molar-refractivity contribution is 5.80. The minimum Gasteiger partial charge on any atom is -0.508 e. The third-order valence-corrected chi connectivity index (χ3v) is 3.75. The molecule has 7 heteroatoms. The number of halogens is 2. The number of hydrogen-bond acceptors (Lipinski definition) is 3. The minimum atomic E-state index is -0.893. The summed E-state index contributed by atoms with van der Waals surface area (Å²) < 4.78 is 31.5. The molecular formula is C18H21F2N3O2. The van der Waals surface area contributed by atoms with Gasteiger partial charge >= 0.3 is 0 Å². The number of aliphatic imine (C=N–C) groups is 1. The van der Waals surface area contributed by atoms with Crippen LogP contribution in [0, 0.1) is 11.6 Å². The average molecular weight is 349 g/mol. The van der Waals surface area contributed by atoms with Gasteiger partial charge in [0.25, 0.3) is 0 Å². The van der Waals surface area contributed by atoms with E-state index in [4.69, 9.17) is 4.74 Å². The standard InChI is InChI=1S/C18H21F2N3O2/c1-11(12-4-6-15(19)16(20)9-12)23-18(21-2)22-10-13-8-14(25-3)5-7-17(13)24/h4-9,11,24H,10H2,1-3H3,(H2,21,22,23). The number of nitrogens with zero attached hydrogens (tertiary/aromatic N) is 1. The smallest absolute Gasteiger partial charge is 0.191 e. The Bertz CT molecular complexity index is 766. The molecule has 0 amide bonds. The maximum absolute atomic E-state index is 13.4. The van der Waals surface area contributed by atoms with Crippen LogP contribution in [0.3, 0.4) is 0 Å². The number of guanidine groups is 1. The number of nitrogens with one attached hydrogen (secondary N) is 2. The quantitative estimate of drug-likeness (QED) is 0.573. The van der Waals surface area contributed by atoms with E-state index in [0.717, 1.165) is 12.1 Å².